The second kappa shape index (κ2) is 5.98. The maximum absolute atomic E-state index is 12.3. The Hall–Kier alpha value is -2.45. The van der Waals surface area contributed by atoms with Gasteiger partial charge in [-0.15, -0.1) is 0 Å². The molecular formula is C15H16N4O3S. The second-order valence-electron chi connectivity index (χ2n) is 5.13. The smallest absolute Gasteiger partial charge is 0.259 e. The van der Waals surface area contributed by atoms with E-state index in [-0.39, 0.29) is 11.6 Å². The molecule has 2 aromatic heterocycles. The molecule has 1 aromatic carbocycles. The fourth-order valence-electron chi connectivity index (χ4n) is 2.19. The molecule has 7 nitrogen and oxygen atoms in total. The van der Waals surface area contributed by atoms with Crippen molar-refractivity contribution in [1.82, 2.24) is 19.4 Å². The van der Waals surface area contributed by atoms with Crippen LogP contribution in [0.1, 0.15) is 11.3 Å². The molecule has 0 aliphatic carbocycles. The number of hydrogen-bond donors (Lipinski definition) is 1. The lowest BCUT2D eigenvalue weighted by Gasteiger charge is -2.05. The molecule has 0 unspecified atom stereocenters. The van der Waals surface area contributed by atoms with Gasteiger partial charge in [0.1, 0.15) is 11.5 Å². The summed E-state index contributed by atoms with van der Waals surface area (Å²) in [6.45, 7) is 1.84. The van der Waals surface area contributed by atoms with Gasteiger partial charge in [0.25, 0.3) is 10.0 Å². The average Bonchev–Trinajstić information content (AvgIpc) is 3.13. The first-order chi connectivity index (χ1) is 11.0. The van der Waals surface area contributed by atoms with Crippen LogP contribution in [0.2, 0.25) is 0 Å². The number of aryl methyl sites for hydroxylation is 2. The van der Waals surface area contributed by atoms with E-state index in [1.807, 2.05) is 30.3 Å². The molecule has 0 aliphatic heterocycles. The predicted molar refractivity (Wildman–Crippen MR) is 83.9 cm³/mol. The molecule has 0 saturated carbocycles. The highest BCUT2D eigenvalue weighted by atomic mass is 32.2. The lowest BCUT2D eigenvalue weighted by molar-refractivity contribution is 0.398. The lowest BCUT2D eigenvalue weighted by Crippen LogP contribution is -2.24. The van der Waals surface area contributed by atoms with Crippen LogP contribution in [0.3, 0.4) is 0 Å². The van der Waals surface area contributed by atoms with Crippen molar-refractivity contribution in [2.45, 2.75) is 18.5 Å². The zero-order valence-electron chi connectivity index (χ0n) is 12.7. The molecule has 3 aromatic rings. The first-order valence-electron chi connectivity index (χ1n) is 6.95. The van der Waals surface area contributed by atoms with E-state index < -0.39 is 10.0 Å². The van der Waals surface area contributed by atoms with Gasteiger partial charge in [0.2, 0.25) is 0 Å². The van der Waals surface area contributed by atoms with Crippen LogP contribution in [-0.2, 0) is 23.6 Å². The monoisotopic (exact) mass is 332 g/mol. The normalized spacial score (nSPS) is 11.7. The molecule has 0 radical (unpaired) electrons. The summed E-state index contributed by atoms with van der Waals surface area (Å²) in [5.41, 5.74) is 2.21. The van der Waals surface area contributed by atoms with Gasteiger partial charge in [0.05, 0.1) is 6.33 Å². The Labute approximate surface area is 134 Å². The third kappa shape index (κ3) is 3.17. The maximum Gasteiger partial charge on any atom is 0.259 e. The number of benzene rings is 1. The Morgan fingerprint density at radius 1 is 1.26 bits per heavy atom. The summed E-state index contributed by atoms with van der Waals surface area (Å²) in [4.78, 5) is 3.86. The van der Waals surface area contributed by atoms with E-state index in [0.717, 1.165) is 5.56 Å². The number of aromatic nitrogens is 3. The number of hydrogen-bond acceptors (Lipinski definition) is 5. The molecule has 2 heterocycles. The fraction of sp³-hybridized carbons (Fsp3) is 0.200. The van der Waals surface area contributed by atoms with E-state index in [0.29, 0.717) is 17.0 Å². The summed E-state index contributed by atoms with van der Waals surface area (Å²) in [5.74, 6) is 0.576. The highest BCUT2D eigenvalue weighted by molar-refractivity contribution is 7.89. The Bertz CT molecular complexity index is 913. The van der Waals surface area contributed by atoms with E-state index >= 15 is 0 Å². The predicted octanol–water partition coefficient (Wildman–Crippen LogP) is 1.86. The van der Waals surface area contributed by atoms with Crippen LogP contribution in [0.15, 0.2) is 52.4 Å². The van der Waals surface area contributed by atoms with Crippen molar-refractivity contribution in [2.24, 2.45) is 7.05 Å². The van der Waals surface area contributed by atoms with E-state index in [1.165, 1.54) is 12.5 Å². The molecule has 8 heteroatoms. The van der Waals surface area contributed by atoms with Gasteiger partial charge in [-0.1, -0.05) is 35.5 Å². The van der Waals surface area contributed by atoms with Gasteiger partial charge in [-0.25, -0.2) is 18.1 Å². The standard InChI is InChI=1S/C15H16N4O3S/c1-11-13(15(18-22-11)12-6-4-3-5-7-12)8-17-23(20,21)14-9-19(2)10-16-14/h3-7,9-10,17H,8H2,1-2H3. The summed E-state index contributed by atoms with van der Waals surface area (Å²) in [7, 11) is -1.97. The van der Waals surface area contributed by atoms with Gasteiger partial charge in [-0.05, 0) is 6.92 Å². The summed E-state index contributed by atoms with van der Waals surface area (Å²) >= 11 is 0. The summed E-state index contributed by atoms with van der Waals surface area (Å²) in [5, 5.41) is 4.02. The first kappa shape index (κ1) is 15.4. The van der Waals surface area contributed by atoms with Crippen molar-refractivity contribution >= 4 is 10.0 Å². The summed E-state index contributed by atoms with van der Waals surface area (Å²) in [6, 6.07) is 9.48. The molecule has 3 rings (SSSR count). The van der Waals surface area contributed by atoms with Crippen LogP contribution in [0.4, 0.5) is 0 Å². The number of nitrogens with one attached hydrogen (secondary N) is 1. The first-order valence-corrected chi connectivity index (χ1v) is 8.44. The molecule has 0 atom stereocenters. The number of rotatable bonds is 5. The highest BCUT2D eigenvalue weighted by Crippen LogP contribution is 2.25. The minimum absolute atomic E-state index is 0.0182. The van der Waals surface area contributed by atoms with Gasteiger partial charge >= 0.3 is 0 Å². The van der Waals surface area contributed by atoms with E-state index in [4.69, 9.17) is 4.52 Å². The van der Waals surface area contributed by atoms with Crippen LogP contribution in [-0.4, -0.2) is 23.1 Å². The van der Waals surface area contributed by atoms with Crippen LogP contribution < -0.4 is 4.72 Å². The topological polar surface area (TPSA) is 90.0 Å². The number of sulfonamides is 1. The van der Waals surface area contributed by atoms with Crippen molar-refractivity contribution in [3.8, 4) is 11.3 Å². The van der Waals surface area contributed by atoms with Crippen molar-refractivity contribution in [1.29, 1.82) is 0 Å². The third-order valence-corrected chi connectivity index (χ3v) is 4.71. The fourth-order valence-corrected chi connectivity index (χ4v) is 3.16. The number of imidazole rings is 1. The molecule has 23 heavy (non-hydrogen) atoms. The van der Waals surface area contributed by atoms with Crippen LogP contribution in [0.25, 0.3) is 11.3 Å². The zero-order valence-corrected chi connectivity index (χ0v) is 13.5. The van der Waals surface area contributed by atoms with Crippen molar-refractivity contribution in [3.63, 3.8) is 0 Å². The Morgan fingerprint density at radius 3 is 2.65 bits per heavy atom. The number of nitrogens with zero attached hydrogens (tertiary/aromatic N) is 3. The van der Waals surface area contributed by atoms with Crippen LogP contribution in [0, 0.1) is 6.92 Å². The van der Waals surface area contributed by atoms with Crippen molar-refractivity contribution in [2.75, 3.05) is 0 Å². The van der Waals surface area contributed by atoms with Crippen LogP contribution >= 0.6 is 0 Å². The molecular weight excluding hydrogens is 316 g/mol. The van der Waals surface area contributed by atoms with Crippen molar-refractivity contribution < 1.29 is 12.9 Å². The minimum Gasteiger partial charge on any atom is -0.361 e. The Morgan fingerprint density at radius 2 is 2.00 bits per heavy atom. The largest absolute Gasteiger partial charge is 0.361 e. The van der Waals surface area contributed by atoms with Crippen molar-refractivity contribution in [3.05, 3.63) is 54.2 Å². The summed E-state index contributed by atoms with van der Waals surface area (Å²) in [6.07, 6.45) is 2.88. The SMILES string of the molecule is Cc1onc(-c2ccccc2)c1CNS(=O)(=O)c1cn(C)cn1. The van der Waals surface area contributed by atoms with Gasteiger partial charge in [0.15, 0.2) is 5.03 Å². The molecule has 0 fully saturated rings. The van der Waals surface area contributed by atoms with E-state index in [2.05, 4.69) is 14.9 Å². The van der Waals surface area contributed by atoms with Crippen LogP contribution in [0.5, 0.6) is 0 Å². The molecule has 1 N–H and O–H groups in total. The average molecular weight is 332 g/mol. The molecule has 0 saturated heterocycles. The molecule has 0 spiro atoms. The van der Waals surface area contributed by atoms with E-state index in [1.54, 1.807) is 18.5 Å². The zero-order chi connectivity index (χ0) is 16.4. The molecule has 0 aliphatic rings. The third-order valence-electron chi connectivity index (χ3n) is 3.43. The highest BCUT2D eigenvalue weighted by Gasteiger charge is 2.20. The van der Waals surface area contributed by atoms with E-state index in [9.17, 15) is 8.42 Å². The minimum atomic E-state index is -3.68. The second-order valence-corrected chi connectivity index (χ2v) is 6.85. The summed E-state index contributed by atoms with van der Waals surface area (Å²) < 4.78 is 33.9. The molecule has 120 valence electrons. The van der Waals surface area contributed by atoms with Gasteiger partial charge < -0.3 is 9.09 Å². The Balaban J connectivity index is 1.86. The quantitative estimate of drug-likeness (QED) is 0.770. The lowest BCUT2D eigenvalue weighted by atomic mass is 10.1. The van der Waals surface area contributed by atoms with Gasteiger partial charge in [-0.2, -0.15) is 0 Å². The Kier molecular flexibility index (Phi) is 4.01. The maximum atomic E-state index is 12.3. The van der Waals surface area contributed by atoms with Gasteiger partial charge in [0, 0.05) is 30.9 Å². The molecule has 0 bridgehead atoms. The van der Waals surface area contributed by atoms with Gasteiger partial charge in [-0.3, -0.25) is 0 Å². The molecule has 0 amide bonds.